The summed E-state index contributed by atoms with van der Waals surface area (Å²) in [5.74, 6) is 0.475. The Labute approximate surface area is 55.9 Å². The largest absolute Gasteiger partial charge is 0.286 e. The average Bonchev–Trinajstić information content (AvgIpc) is 1.64. The van der Waals surface area contributed by atoms with Crippen LogP contribution in [0.4, 0.5) is 0 Å². The van der Waals surface area contributed by atoms with E-state index < -0.39 is 0 Å². The fraction of sp³-hybridized carbons (Fsp3) is 0.800. The molecule has 0 rings (SSSR count). The number of hydrazine groups is 2. The molecular formula is C5H14N4. The minimum Gasteiger partial charge on any atom is -0.286 e. The van der Waals surface area contributed by atoms with Crippen molar-refractivity contribution in [3.8, 4) is 0 Å². The first-order valence-electron chi connectivity index (χ1n) is 2.79. The molecule has 0 heterocycles. The first-order chi connectivity index (χ1) is 4.09. The lowest BCUT2D eigenvalue weighted by atomic mass is 10.7. The van der Waals surface area contributed by atoms with Gasteiger partial charge in [0.05, 0.1) is 0 Å². The number of hydrogen-bond acceptors (Lipinski definition) is 3. The topological polar surface area (TPSA) is 42.4 Å². The molecule has 0 fully saturated rings. The zero-order valence-electron chi connectivity index (χ0n) is 6.39. The summed E-state index contributed by atoms with van der Waals surface area (Å²) in [5.41, 5.74) is 2.84. The smallest absolute Gasteiger partial charge is 0.124 e. The highest BCUT2D eigenvalue weighted by atomic mass is 15.8. The Morgan fingerprint density at radius 1 is 1.44 bits per heavy atom. The van der Waals surface area contributed by atoms with Crippen molar-refractivity contribution in [2.45, 2.75) is 6.92 Å². The first-order valence-corrected chi connectivity index (χ1v) is 2.79. The van der Waals surface area contributed by atoms with Crippen LogP contribution >= 0.6 is 0 Å². The lowest BCUT2D eigenvalue weighted by Gasteiger charge is -2.27. The Balaban J connectivity index is 3.83. The van der Waals surface area contributed by atoms with Gasteiger partial charge >= 0.3 is 0 Å². The molecule has 0 aliphatic rings. The summed E-state index contributed by atoms with van der Waals surface area (Å²) in [4.78, 5) is 0. The van der Waals surface area contributed by atoms with Crippen LogP contribution in [0.2, 0.25) is 0 Å². The fourth-order valence-electron chi connectivity index (χ4n) is 0.668. The van der Waals surface area contributed by atoms with Gasteiger partial charge in [-0.1, -0.05) is 0 Å². The lowest BCUT2D eigenvalue weighted by Crippen LogP contribution is -2.47. The normalized spacial score (nSPS) is 9.89. The number of hydrogen-bond donors (Lipinski definition) is 2. The summed E-state index contributed by atoms with van der Waals surface area (Å²) >= 11 is 0. The average molecular weight is 130 g/mol. The van der Waals surface area contributed by atoms with E-state index in [-0.39, 0.29) is 0 Å². The zero-order chi connectivity index (χ0) is 7.44. The minimum atomic E-state index is 0.475. The van der Waals surface area contributed by atoms with Gasteiger partial charge in [0.25, 0.3) is 0 Å². The van der Waals surface area contributed by atoms with E-state index in [0.29, 0.717) is 5.84 Å². The van der Waals surface area contributed by atoms with Crippen LogP contribution in [0.5, 0.6) is 0 Å². The van der Waals surface area contributed by atoms with Crippen LogP contribution in [0, 0.1) is 5.41 Å². The summed E-state index contributed by atoms with van der Waals surface area (Å²) in [5, 5.41) is 10.6. The van der Waals surface area contributed by atoms with Gasteiger partial charge in [-0.15, -0.1) is 0 Å². The molecule has 0 saturated carbocycles. The highest BCUT2D eigenvalue weighted by molar-refractivity contribution is 5.75. The zero-order valence-corrected chi connectivity index (χ0v) is 6.39. The third-order valence-corrected chi connectivity index (χ3v) is 0.930. The van der Waals surface area contributed by atoms with Crippen LogP contribution < -0.4 is 5.43 Å². The Bertz CT molecular complexity index is 99.1. The van der Waals surface area contributed by atoms with E-state index in [0.717, 1.165) is 0 Å². The molecule has 4 nitrogen and oxygen atoms in total. The Kier molecular flexibility index (Phi) is 3.19. The maximum absolute atomic E-state index is 7.20. The van der Waals surface area contributed by atoms with E-state index in [1.807, 2.05) is 14.1 Å². The van der Waals surface area contributed by atoms with Gasteiger partial charge in [0.2, 0.25) is 0 Å². The predicted molar refractivity (Wildman–Crippen MR) is 38.0 cm³/mol. The highest BCUT2D eigenvalue weighted by Crippen LogP contribution is 1.84. The molecule has 0 atom stereocenters. The number of amidine groups is 1. The van der Waals surface area contributed by atoms with Gasteiger partial charge in [-0.05, 0) is 6.92 Å². The molecule has 4 heteroatoms. The Morgan fingerprint density at radius 2 is 1.89 bits per heavy atom. The standard InChI is InChI=1S/C5H14N4/c1-5(6)9(7-2)8(3)4/h6-7H,1-4H3. The van der Waals surface area contributed by atoms with Crippen molar-refractivity contribution in [1.29, 1.82) is 5.41 Å². The van der Waals surface area contributed by atoms with E-state index in [9.17, 15) is 0 Å². The molecule has 0 unspecified atom stereocenters. The summed E-state index contributed by atoms with van der Waals surface area (Å²) in [6.45, 7) is 1.72. The molecule has 0 amide bonds. The van der Waals surface area contributed by atoms with Crippen molar-refractivity contribution < 1.29 is 0 Å². The number of nitrogens with one attached hydrogen (secondary N) is 2. The van der Waals surface area contributed by atoms with Crippen LogP contribution in [0.25, 0.3) is 0 Å². The number of nitrogens with zero attached hydrogens (tertiary/aromatic N) is 2. The molecule has 0 aliphatic heterocycles. The third kappa shape index (κ3) is 2.43. The molecule has 0 aromatic carbocycles. The number of rotatable bonds is 2. The van der Waals surface area contributed by atoms with E-state index >= 15 is 0 Å². The molecule has 54 valence electrons. The molecule has 0 bridgehead atoms. The summed E-state index contributed by atoms with van der Waals surface area (Å²) in [6.07, 6.45) is 0. The molecule has 9 heavy (non-hydrogen) atoms. The second-order valence-corrected chi connectivity index (χ2v) is 1.97. The van der Waals surface area contributed by atoms with Crippen LogP contribution in [0.15, 0.2) is 0 Å². The van der Waals surface area contributed by atoms with Gasteiger partial charge in [0.1, 0.15) is 5.84 Å². The monoisotopic (exact) mass is 130 g/mol. The quantitative estimate of drug-likeness (QED) is 0.311. The lowest BCUT2D eigenvalue weighted by molar-refractivity contribution is 0.0626. The maximum Gasteiger partial charge on any atom is 0.124 e. The SMILES string of the molecule is CNN(C(C)=N)N(C)C. The van der Waals surface area contributed by atoms with Crippen molar-refractivity contribution in [3.05, 3.63) is 0 Å². The molecule has 0 saturated heterocycles. The first kappa shape index (κ1) is 8.39. The van der Waals surface area contributed by atoms with Gasteiger partial charge in [0.15, 0.2) is 0 Å². The fourth-order valence-corrected chi connectivity index (χ4v) is 0.668. The highest BCUT2D eigenvalue weighted by Gasteiger charge is 2.02. The molecular weight excluding hydrogens is 116 g/mol. The predicted octanol–water partition coefficient (Wildman–Crippen LogP) is -0.103. The summed E-state index contributed by atoms with van der Waals surface area (Å²) in [7, 11) is 5.52. The van der Waals surface area contributed by atoms with Gasteiger partial charge in [-0.25, -0.2) is 15.6 Å². The van der Waals surface area contributed by atoms with Crippen molar-refractivity contribution in [3.63, 3.8) is 0 Å². The van der Waals surface area contributed by atoms with Gasteiger partial charge in [-0.3, -0.25) is 5.41 Å². The van der Waals surface area contributed by atoms with Crippen molar-refractivity contribution in [1.82, 2.24) is 15.6 Å². The van der Waals surface area contributed by atoms with Crippen molar-refractivity contribution >= 4 is 5.84 Å². The summed E-state index contributed by atoms with van der Waals surface area (Å²) < 4.78 is 0. The second-order valence-electron chi connectivity index (χ2n) is 1.97. The van der Waals surface area contributed by atoms with Crippen LogP contribution in [0.3, 0.4) is 0 Å². The van der Waals surface area contributed by atoms with E-state index in [4.69, 9.17) is 5.41 Å². The molecule has 0 aliphatic carbocycles. The molecule has 0 spiro atoms. The Morgan fingerprint density at radius 3 is 1.89 bits per heavy atom. The van der Waals surface area contributed by atoms with Gasteiger partial charge in [0, 0.05) is 21.1 Å². The van der Waals surface area contributed by atoms with Crippen LogP contribution in [-0.4, -0.2) is 37.1 Å². The van der Waals surface area contributed by atoms with E-state index in [1.165, 1.54) is 0 Å². The second kappa shape index (κ2) is 3.42. The molecule has 2 N–H and O–H groups in total. The van der Waals surface area contributed by atoms with E-state index in [2.05, 4.69) is 5.43 Å². The molecule has 0 radical (unpaired) electrons. The van der Waals surface area contributed by atoms with Gasteiger partial charge < -0.3 is 0 Å². The Hall–Kier alpha value is -0.610. The van der Waals surface area contributed by atoms with Crippen LogP contribution in [-0.2, 0) is 0 Å². The minimum absolute atomic E-state index is 0.475. The summed E-state index contributed by atoms with van der Waals surface area (Å²) in [6, 6.07) is 0. The molecule has 0 aromatic heterocycles. The maximum atomic E-state index is 7.20. The van der Waals surface area contributed by atoms with Crippen molar-refractivity contribution in [2.75, 3.05) is 21.1 Å². The van der Waals surface area contributed by atoms with Crippen LogP contribution in [0.1, 0.15) is 6.92 Å². The van der Waals surface area contributed by atoms with Crippen molar-refractivity contribution in [2.24, 2.45) is 0 Å². The van der Waals surface area contributed by atoms with E-state index in [1.54, 1.807) is 24.1 Å². The van der Waals surface area contributed by atoms with Gasteiger partial charge in [-0.2, -0.15) is 0 Å². The molecule has 0 aromatic rings. The third-order valence-electron chi connectivity index (χ3n) is 0.930.